The van der Waals surface area contributed by atoms with E-state index >= 15 is 0 Å². The number of nitrogens with one attached hydrogen (secondary N) is 1. The summed E-state index contributed by atoms with van der Waals surface area (Å²) in [6, 6.07) is 14.8. The van der Waals surface area contributed by atoms with Crippen LogP contribution >= 0.6 is 0 Å². The van der Waals surface area contributed by atoms with Crippen molar-refractivity contribution in [2.24, 2.45) is 0 Å². The van der Waals surface area contributed by atoms with Crippen molar-refractivity contribution >= 4 is 16.7 Å². The third kappa shape index (κ3) is 1.91. The van der Waals surface area contributed by atoms with Crippen molar-refractivity contribution in [1.29, 1.82) is 0 Å². The van der Waals surface area contributed by atoms with E-state index in [2.05, 4.69) is 41.7 Å². The van der Waals surface area contributed by atoms with Gasteiger partial charge in [0.05, 0.1) is 6.04 Å². The minimum absolute atomic E-state index is 0.175. The lowest BCUT2D eigenvalue weighted by Crippen LogP contribution is -2.32. The second-order valence-electron chi connectivity index (χ2n) is 4.58. The van der Waals surface area contributed by atoms with Crippen molar-refractivity contribution in [2.75, 3.05) is 0 Å². The molecule has 0 aliphatic carbocycles. The van der Waals surface area contributed by atoms with Crippen molar-refractivity contribution in [1.82, 2.24) is 5.32 Å². The van der Waals surface area contributed by atoms with Gasteiger partial charge in [-0.05, 0) is 29.2 Å². The summed E-state index contributed by atoms with van der Waals surface area (Å²) in [7, 11) is 0. The van der Waals surface area contributed by atoms with Crippen LogP contribution in [0.5, 0.6) is 0 Å². The first-order chi connectivity index (χ1) is 8.34. The van der Waals surface area contributed by atoms with Crippen molar-refractivity contribution in [2.45, 2.75) is 25.3 Å². The number of rotatable bonds is 1. The maximum atomic E-state index is 11.5. The summed E-state index contributed by atoms with van der Waals surface area (Å²) < 4.78 is 0. The van der Waals surface area contributed by atoms with Gasteiger partial charge in [-0.2, -0.15) is 0 Å². The maximum Gasteiger partial charge on any atom is 0.220 e. The van der Waals surface area contributed by atoms with Crippen LogP contribution in [-0.4, -0.2) is 5.91 Å². The Morgan fingerprint density at radius 1 is 1.06 bits per heavy atom. The molecule has 1 atom stereocenters. The van der Waals surface area contributed by atoms with Gasteiger partial charge in [0.25, 0.3) is 0 Å². The largest absolute Gasteiger partial charge is 0.349 e. The molecule has 17 heavy (non-hydrogen) atoms. The third-order valence-corrected chi connectivity index (χ3v) is 3.43. The molecule has 1 aliphatic rings. The van der Waals surface area contributed by atoms with Gasteiger partial charge in [-0.1, -0.05) is 42.5 Å². The minimum atomic E-state index is 0.175. The summed E-state index contributed by atoms with van der Waals surface area (Å²) in [5, 5.41) is 5.58. The minimum Gasteiger partial charge on any atom is -0.349 e. The van der Waals surface area contributed by atoms with Gasteiger partial charge in [-0.3, -0.25) is 4.79 Å². The van der Waals surface area contributed by atoms with E-state index in [1.165, 1.54) is 16.3 Å². The highest BCUT2D eigenvalue weighted by molar-refractivity contribution is 5.87. The van der Waals surface area contributed by atoms with E-state index in [1.807, 2.05) is 6.07 Å². The first kappa shape index (κ1) is 10.3. The lowest BCUT2D eigenvalue weighted by atomic mass is 9.93. The van der Waals surface area contributed by atoms with Gasteiger partial charge in [-0.25, -0.2) is 0 Å². The summed E-state index contributed by atoms with van der Waals surface area (Å²) in [6.07, 6.45) is 2.70. The van der Waals surface area contributed by atoms with Gasteiger partial charge in [0.1, 0.15) is 0 Å². The maximum absolute atomic E-state index is 11.5. The normalized spacial score (nSPS) is 20.2. The van der Waals surface area contributed by atoms with E-state index in [-0.39, 0.29) is 11.9 Å². The summed E-state index contributed by atoms with van der Waals surface area (Å²) in [5.74, 6) is 0.175. The molecule has 1 fully saturated rings. The molecule has 2 nitrogen and oxygen atoms in total. The van der Waals surface area contributed by atoms with Gasteiger partial charge in [-0.15, -0.1) is 0 Å². The van der Waals surface area contributed by atoms with Gasteiger partial charge in [0.2, 0.25) is 5.91 Å². The molecule has 1 amide bonds. The van der Waals surface area contributed by atoms with E-state index < -0.39 is 0 Å². The number of piperidine rings is 1. The number of hydrogen-bond acceptors (Lipinski definition) is 1. The first-order valence-corrected chi connectivity index (χ1v) is 6.11. The Labute approximate surface area is 101 Å². The van der Waals surface area contributed by atoms with Crippen molar-refractivity contribution in [3.8, 4) is 0 Å². The van der Waals surface area contributed by atoms with E-state index in [9.17, 15) is 4.79 Å². The SMILES string of the molecule is O=C1CCCC(c2cccc3ccccc23)N1. The summed E-state index contributed by atoms with van der Waals surface area (Å²) in [5.41, 5.74) is 1.25. The van der Waals surface area contributed by atoms with Crippen molar-refractivity contribution < 1.29 is 4.79 Å². The first-order valence-electron chi connectivity index (χ1n) is 6.11. The quantitative estimate of drug-likeness (QED) is 0.793. The average molecular weight is 225 g/mol. The van der Waals surface area contributed by atoms with E-state index in [4.69, 9.17) is 0 Å². The molecule has 2 aromatic rings. The highest BCUT2D eigenvalue weighted by atomic mass is 16.1. The lowest BCUT2D eigenvalue weighted by molar-refractivity contribution is -0.123. The van der Waals surface area contributed by atoms with E-state index in [0.29, 0.717) is 6.42 Å². The number of hydrogen-bond donors (Lipinski definition) is 1. The third-order valence-electron chi connectivity index (χ3n) is 3.43. The fraction of sp³-hybridized carbons (Fsp3) is 0.267. The zero-order valence-corrected chi connectivity index (χ0v) is 9.65. The monoisotopic (exact) mass is 225 g/mol. The van der Waals surface area contributed by atoms with Crippen LogP contribution in [0, 0.1) is 0 Å². The average Bonchev–Trinajstić information content (AvgIpc) is 2.38. The molecule has 0 aromatic heterocycles. The number of amides is 1. The molecule has 0 saturated carbocycles. The van der Waals surface area contributed by atoms with Crippen LogP contribution in [-0.2, 0) is 4.79 Å². The zero-order valence-electron chi connectivity index (χ0n) is 9.65. The molecule has 1 saturated heterocycles. The molecule has 3 rings (SSSR count). The second-order valence-corrected chi connectivity index (χ2v) is 4.58. The van der Waals surface area contributed by atoms with E-state index in [1.54, 1.807) is 0 Å². The standard InChI is InChI=1S/C15H15NO/c17-15-10-4-9-14(16-15)13-8-3-6-11-5-1-2-7-12(11)13/h1-3,5-8,14H,4,9-10H2,(H,16,17). The summed E-state index contributed by atoms with van der Waals surface area (Å²) in [4.78, 5) is 11.5. The predicted molar refractivity (Wildman–Crippen MR) is 68.7 cm³/mol. The topological polar surface area (TPSA) is 29.1 Å². The Morgan fingerprint density at radius 2 is 1.88 bits per heavy atom. The molecular weight excluding hydrogens is 210 g/mol. The van der Waals surface area contributed by atoms with Gasteiger partial charge in [0, 0.05) is 6.42 Å². The number of carbonyl (C=O) groups excluding carboxylic acids is 1. The van der Waals surface area contributed by atoms with Crippen LogP contribution in [0.4, 0.5) is 0 Å². The Hall–Kier alpha value is -1.83. The Bertz CT molecular complexity index is 556. The predicted octanol–water partition coefficient (Wildman–Crippen LogP) is 3.18. The molecule has 2 heteroatoms. The van der Waals surface area contributed by atoms with Crippen LogP contribution in [0.3, 0.4) is 0 Å². The second kappa shape index (κ2) is 4.21. The van der Waals surface area contributed by atoms with Crippen molar-refractivity contribution in [3.05, 3.63) is 48.0 Å². The van der Waals surface area contributed by atoms with Crippen LogP contribution in [0.25, 0.3) is 10.8 Å². The van der Waals surface area contributed by atoms with Gasteiger partial charge >= 0.3 is 0 Å². The Morgan fingerprint density at radius 3 is 2.76 bits per heavy atom. The molecule has 2 aromatic carbocycles. The molecule has 1 N–H and O–H groups in total. The molecular formula is C15H15NO. The Kier molecular flexibility index (Phi) is 2.56. The zero-order chi connectivity index (χ0) is 11.7. The smallest absolute Gasteiger partial charge is 0.220 e. The lowest BCUT2D eigenvalue weighted by Gasteiger charge is -2.24. The fourth-order valence-corrected chi connectivity index (χ4v) is 2.59. The van der Waals surface area contributed by atoms with Gasteiger partial charge < -0.3 is 5.32 Å². The molecule has 0 spiro atoms. The number of fused-ring (bicyclic) bond motifs is 1. The summed E-state index contributed by atoms with van der Waals surface area (Å²) in [6.45, 7) is 0. The molecule has 86 valence electrons. The number of carbonyl (C=O) groups is 1. The molecule has 1 unspecified atom stereocenters. The van der Waals surface area contributed by atoms with Crippen LogP contribution < -0.4 is 5.32 Å². The molecule has 1 heterocycles. The highest BCUT2D eigenvalue weighted by Gasteiger charge is 2.20. The van der Waals surface area contributed by atoms with Crippen LogP contribution in [0.15, 0.2) is 42.5 Å². The highest BCUT2D eigenvalue weighted by Crippen LogP contribution is 2.29. The molecule has 1 aliphatic heterocycles. The van der Waals surface area contributed by atoms with E-state index in [0.717, 1.165) is 12.8 Å². The Balaban J connectivity index is 2.07. The molecule has 0 radical (unpaired) electrons. The number of benzene rings is 2. The van der Waals surface area contributed by atoms with Crippen molar-refractivity contribution in [3.63, 3.8) is 0 Å². The fourth-order valence-electron chi connectivity index (χ4n) is 2.59. The summed E-state index contributed by atoms with van der Waals surface area (Å²) >= 11 is 0. The van der Waals surface area contributed by atoms with Crippen LogP contribution in [0.1, 0.15) is 30.9 Å². The van der Waals surface area contributed by atoms with Crippen LogP contribution in [0.2, 0.25) is 0 Å². The van der Waals surface area contributed by atoms with Gasteiger partial charge in [0.15, 0.2) is 0 Å². The molecule has 0 bridgehead atoms.